The minimum absolute atomic E-state index is 0.534. The van der Waals surface area contributed by atoms with E-state index in [-0.39, 0.29) is 0 Å². The van der Waals surface area contributed by atoms with Crippen LogP contribution in [0.4, 0.5) is 34.1 Å². The minimum atomic E-state index is -0.534. The highest BCUT2D eigenvalue weighted by Crippen LogP contribution is 2.65. The summed E-state index contributed by atoms with van der Waals surface area (Å²) in [6.07, 6.45) is 0. The summed E-state index contributed by atoms with van der Waals surface area (Å²) in [5, 5.41) is 2.21. The molecule has 0 N–H and O–H groups in total. The van der Waals surface area contributed by atoms with Crippen LogP contribution in [0, 0.1) is 0 Å². The molecule has 0 atom stereocenters. The Bertz CT molecular complexity index is 2770. The Kier molecular flexibility index (Phi) is 6.17. The Morgan fingerprint density at radius 3 is 1.79 bits per heavy atom. The lowest BCUT2D eigenvalue weighted by Crippen LogP contribution is -2.37. The van der Waals surface area contributed by atoms with Crippen LogP contribution in [0.2, 0.25) is 0 Å². The Balaban J connectivity index is 1.28. The van der Waals surface area contributed by atoms with Gasteiger partial charge in [-0.1, -0.05) is 133 Å². The van der Waals surface area contributed by atoms with Crippen LogP contribution in [0.15, 0.2) is 199 Å². The third-order valence-electron chi connectivity index (χ3n) is 11.0. The average molecular weight is 665 g/mol. The third kappa shape index (κ3) is 3.91. The van der Waals surface area contributed by atoms with Gasteiger partial charge in [-0.15, -0.1) is 0 Å². The Labute approximate surface area is 302 Å². The van der Waals surface area contributed by atoms with Crippen molar-refractivity contribution in [2.45, 2.75) is 5.41 Å². The molecule has 0 radical (unpaired) electrons. The molecular weight excluding hydrogens is 633 g/mol. The number of nitrogens with zero attached hydrogens (tertiary/aromatic N) is 2. The molecule has 1 aliphatic carbocycles. The lowest BCUT2D eigenvalue weighted by molar-refractivity contribution is 0.669. The first-order valence-corrected chi connectivity index (χ1v) is 17.9. The number of hydrogen-bond donors (Lipinski definition) is 0. The summed E-state index contributed by atoms with van der Waals surface area (Å²) >= 11 is 0. The summed E-state index contributed by atoms with van der Waals surface area (Å²) in [4.78, 5) is 4.90. The number of hydrogen-bond acceptors (Lipinski definition) is 3. The Hall–Kier alpha value is -6.84. The van der Waals surface area contributed by atoms with Gasteiger partial charge in [0.1, 0.15) is 11.2 Å². The molecule has 244 valence electrons. The lowest BCUT2D eigenvalue weighted by atomic mass is 9.64. The largest absolute Gasteiger partial charge is 0.456 e. The van der Waals surface area contributed by atoms with Crippen molar-refractivity contribution < 1.29 is 4.42 Å². The van der Waals surface area contributed by atoms with Gasteiger partial charge in [0.25, 0.3) is 0 Å². The monoisotopic (exact) mass is 664 g/mol. The molecule has 3 nitrogen and oxygen atoms in total. The molecule has 1 aliphatic heterocycles. The van der Waals surface area contributed by atoms with Gasteiger partial charge in [0.05, 0.1) is 22.5 Å². The molecule has 1 spiro atoms. The molecule has 0 amide bonds. The smallest absolute Gasteiger partial charge is 0.135 e. The van der Waals surface area contributed by atoms with Crippen molar-refractivity contribution in [2.75, 3.05) is 9.80 Å². The van der Waals surface area contributed by atoms with Crippen LogP contribution in [-0.2, 0) is 5.41 Å². The van der Waals surface area contributed by atoms with Crippen LogP contribution in [0.5, 0.6) is 0 Å². The first-order valence-electron chi connectivity index (χ1n) is 17.9. The fraction of sp³-hybridized carbons (Fsp3) is 0.0204. The standard InChI is InChI=1S/C49H32N2O/c1-3-16-33(17-4-1)50(35-30-31-47-39(32-35)38-22-9-14-29-46(38)52-47)45-28-15-26-43-48(45)51(34-18-5-2-6-19-34)44-27-13-12-25-42(44)49(43)40-23-10-7-20-36(40)37-21-8-11-24-41(37)49/h1-32H. The van der Waals surface area contributed by atoms with Gasteiger partial charge in [-0.25, -0.2) is 0 Å². The van der Waals surface area contributed by atoms with Crippen molar-refractivity contribution in [1.29, 1.82) is 0 Å². The summed E-state index contributed by atoms with van der Waals surface area (Å²) in [5.74, 6) is 0. The van der Waals surface area contributed by atoms with E-state index in [1.807, 2.05) is 12.1 Å². The molecule has 2 heterocycles. The van der Waals surface area contributed by atoms with Crippen LogP contribution in [0.1, 0.15) is 22.3 Å². The molecule has 0 saturated carbocycles. The summed E-state index contributed by atoms with van der Waals surface area (Å²) < 4.78 is 6.31. The highest BCUT2D eigenvalue weighted by atomic mass is 16.3. The van der Waals surface area contributed by atoms with E-state index in [0.29, 0.717) is 0 Å². The highest BCUT2D eigenvalue weighted by Gasteiger charge is 2.52. The molecule has 2 aliphatic rings. The number of rotatable bonds is 4. The number of anilines is 6. The van der Waals surface area contributed by atoms with Crippen LogP contribution in [-0.4, -0.2) is 0 Å². The zero-order valence-corrected chi connectivity index (χ0v) is 28.3. The molecule has 11 rings (SSSR count). The van der Waals surface area contributed by atoms with E-state index in [1.165, 1.54) is 39.1 Å². The van der Waals surface area contributed by atoms with Gasteiger partial charge in [-0.3, -0.25) is 0 Å². The van der Waals surface area contributed by atoms with E-state index in [2.05, 4.69) is 192 Å². The molecule has 0 fully saturated rings. The van der Waals surface area contributed by atoms with E-state index < -0.39 is 5.41 Å². The second-order valence-electron chi connectivity index (χ2n) is 13.7. The van der Waals surface area contributed by atoms with Crippen molar-refractivity contribution in [2.24, 2.45) is 0 Å². The van der Waals surface area contributed by atoms with Gasteiger partial charge in [0.15, 0.2) is 0 Å². The van der Waals surface area contributed by atoms with Gasteiger partial charge in [-0.05, 0) is 94.0 Å². The molecule has 8 aromatic carbocycles. The Morgan fingerprint density at radius 1 is 0.423 bits per heavy atom. The Morgan fingerprint density at radius 2 is 1.02 bits per heavy atom. The maximum Gasteiger partial charge on any atom is 0.135 e. The highest BCUT2D eigenvalue weighted by molar-refractivity contribution is 6.07. The predicted octanol–water partition coefficient (Wildman–Crippen LogP) is 13.2. The van der Waals surface area contributed by atoms with E-state index in [4.69, 9.17) is 4.42 Å². The maximum atomic E-state index is 6.31. The molecule has 1 aromatic heterocycles. The number of furan rings is 1. The number of para-hydroxylation sites is 5. The van der Waals surface area contributed by atoms with Crippen molar-refractivity contribution in [3.8, 4) is 11.1 Å². The predicted molar refractivity (Wildman–Crippen MR) is 214 cm³/mol. The zero-order chi connectivity index (χ0) is 34.2. The fourth-order valence-electron chi connectivity index (χ4n) is 9.02. The average Bonchev–Trinajstić information content (AvgIpc) is 3.73. The first-order chi connectivity index (χ1) is 25.8. The quantitative estimate of drug-likeness (QED) is 0.187. The van der Waals surface area contributed by atoms with Crippen LogP contribution in [0.3, 0.4) is 0 Å². The maximum absolute atomic E-state index is 6.31. The van der Waals surface area contributed by atoms with Gasteiger partial charge < -0.3 is 14.2 Å². The molecular formula is C49H32N2O. The third-order valence-corrected chi connectivity index (χ3v) is 11.0. The van der Waals surface area contributed by atoms with Crippen molar-refractivity contribution in [3.05, 3.63) is 216 Å². The summed E-state index contributed by atoms with van der Waals surface area (Å²) in [6.45, 7) is 0. The molecule has 3 heteroatoms. The van der Waals surface area contributed by atoms with E-state index in [0.717, 1.165) is 50.4 Å². The van der Waals surface area contributed by atoms with Crippen LogP contribution in [0.25, 0.3) is 33.1 Å². The zero-order valence-electron chi connectivity index (χ0n) is 28.3. The number of benzene rings is 8. The topological polar surface area (TPSA) is 19.6 Å². The lowest BCUT2D eigenvalue weighted by Gasteiger charge is -2.46. The van der Waals surface area contributed by atoms with Crippen molar-refractivity contribution >= 4 is 56.1 Å². The first kappa shape index (κ1) is 28.9. The summed E-state index contributed by atoms with van der Waals surface area (Å²) in [7, 11) is 0. The molecule has 9 aromatic rings. The minimum Gasteiger partial charge on any atom is -0.456 e. The van der Waals surface area contributed by atoms with Gasteiger partial charge >= 0.3 is 0 Å². The van der Waals surface area contributed by atoms with Gasteiger partial charge in [-0.2, -0.15) is 0 Å². The van der Waals surface area contributed by atoms with Gasteiger partial charge in [0.2, 0.25) is 0 Å². The van der Waals surface area contributed by atoms with E-state index >= 15 is 0 Å². The van der Waals surface area contributed by atoms with Crippen molar-refractivity contribution in [1.82, 2.24) is 0 Å². The number of fused-ring (bicyclic) bond motifs is 12. The molecule has 0 bridgehead atoms. The fourth-order valence-corrected chi connectivity index (χ4v) is 9.02. The molecule has 0 unspecified atom stereocenters. The molecule has 0 saturated heterocycles. The summed E-state index contributed by atoms with van der Waals surface area (Å²) in [5.41, 5.74) is 15.6. The second-order valence-corrected chi connectivity index (χ2v) is 13.7. The second kappa shape index (κ2) is 11.1. The molecule has 52 heavy (non-hydrogen) atoms. The van der Waals surface area contributed by atoms with Gasteiger partial charge in [0, 0.05) is 27.8 Å². The SMILES string of the molecule is c1ccc(N(c2ccc3oc4ccccc4c3c2)c2cccc3c2N(c2ccccc2)c2ccccc2C32c3ccccc3-c3ccccc32)cc1. The normalized spacial score (nSPS) is 13.5. The van der Waals surface area contributed by atoms with Crippen LogP contribution < -0.4 is 9.80 Å². The van der Waals surface area contributed by atoms with Crippen molar-refractivity contribution in [3.63, 3.8) is 0 Å². The summed E-state index contributed by atoms with van der Waals surface area (Å²) in [6, 6.07) is 70.4. The van der Waals surface area contributed by atoms with E-state index in [9.17, 15) is 0 Å². The van der Waals surface area contributed by atoms with E-state index in [1.54, 1.807) is 0 Å². The van der Waals surface area contributed by atoms with Crippen LogP contribution >= 0.6 is 0 Å².